The second-order valence-electron chi connectivity index (χ2n) is 6.40. The van der Waals surface area contributed by atoms with Crippen LogP contribution in [0.2, 0.25) is 0 Å². The molecule has 8 nitrogen and oxygen atoms in total. The first kappa shape index (κ1) is 17.3. The van der Waals surface area contributed by atoms with Gasteiger partial charge in [-0.25, -0.2) is 9.59 Å². The van der Waals surface area contributed by atoms with Gasteiger partial charge in [0, 0.05) is 19.1 Å². The average molecular weight is 350 g/mol. The van der Waals surface area contributed by atoms with Gasteiger partial charge in [0.05, 0.1) is 7.11 Å². The van der Waals surface area contributed by atoms with E-state index < -0.39 is 18.1 Å². The number of amides is 2. The summed E-state index contributed by atoms with van der Waals surface area (Å²) < 4.78 is 15.2. The molecule has 0 spiro atoms. The quantitative estimate of drug-likeness (QED) is 0.768. The molecule has 2 aliphatic rings. The molecule has 2 fully saturated rings. The van der Waals surface area contributed by atoms with Crippen molar-refractivity contribution in [3.63, 3.8) is 0 Å². The molecule has 1 aromatic heterocycles. The third-order valence-corrected chi connectivity index (χ3v) is 4.91. The van der Waals surface area contributed by atoms with Crippen molar-refractivity contribution in [3.8, 4) is 0 Å². The van der Waals surface area contributed by atoms with E-state index in [4.69, 9.17) is 13.9 Å². The van der Waals surface area contributed by atoms with Crippen LogP contribution in [-0.4, -0.2) is 66.7 Å². The van der Waals surface area contributed by atoms with E-state index in [1.165, 1.54) is 12.0 Å². The summed E-state index contributed by atoms with van der Waals surface area (Å²) in [6, 6.07) is 0.887. The van der Waals surface area contributed by atoms with Gasteiger partial charge in [-0.15, -0.1) is 0 Å². The Morgan fingerprint density at radius 1 is 1.24 bits per heavy atom. The summed E-state index contributed by atoms with van der Waals surface area (Å²) >= 11 is 0. The van der Waals surface area contributed by atoms with Crippen LogP contribution in [0.15, 0.2) is 10.5 Å². The van der Waals surface area contributed by atoms with Crippen LogP contribution >= 0.6 is 0 Å². The maximum atomic E-state index is 12.5. The van der Waals surface area contributed by atoms with Gasteiger partial charge in [0.15, 0.2) is 11.8 Å². The summed E-state index contributed by atoms with van der Waals surface area (Å²) in [5, 5.41) is 0. The maximum Gasteiger partial charge on any atom is 0.410 e. The summed E-state index contributed by atoms with van der Waals surface area (Å²) in [6.07, 6.45) is 0.650. The number of cyclic esters (lactones) is 1. The zero-order valence-corrected chi connectivity index (χ0v) is 14.6. The molecule has 0 radical (unpaired) electrons. The number of methoxy groups -OCH3 is 1. The molecule has 0 bridgehead atoms. The number of aryl methyl sites for hydroxylation is 2. The number of rotatable bonds is 3. The number of hydrogen-bond donors (Lipinski definition) is 0. The molecule has 1 aromatic rings. The maximum absolute atomic E-state index is 12.5. The number of hydrogen-bond acceptors (Lipinski definition) is 6. The number of likely N-dealkylation sites (tertiary alicyclic amines) is 1. The first-order valence-electron chi connectivity index (χ1n) is 8.31. The fraction of sp³-hybridized carbons (Fsp3) is 0.588. The van der Waals surface area contributed by atoms with Crippen LogP contribution in [0.4, 0.5) is 4.79 Å². The van der Waals surface area contributed by atoms with E-state index in [0.29, 0.717) is 31.7 Å². The molecule has 8 heteroatoms. The molecule has 2 amide bonds. The van der Waals surface area contributed by atoms with Crippen molar-refractivity contribution in [3.05, 3.63) is 23.2 Å². The van der Waals surface area contributed by atoms with Crippen LogP contribution in [0.5, 0.6) is 0 Å². The van der Waals surface area contributed by atoms with Crippen molar-refractivity contribution in [2.24, 2.45) is 0 Å². The number of carbonyl (C=O) groups excluding carboxylic acids is 3. The van der Waals surface area contributed by atoms with E-state index in [2.05, 4.69) is 0 Å². The van der Waals surface area contributed by atoms with Gasteiger partial charge in [-0.3, -0.25) is 9.69 Å². The average Bonchev–Trinajstić information content (AvgIpc) is 3.16. The van der Waals surface area contributed by atoms with E-state index in [-0.39, 0.29) is 18.6 Å². The minimum absolute atomic E-state index is 0.00952. The van der Waals surface area contributed by atoms with E-state index in [9.17, 15) is 14.4 Å². The molecule has 0 saturated carbocycles. The standard InChI is InChI=1S/C17H22N2O6/c1-10-8-14(25-11(10)2)15(20)18-6-4-12(5-7-18)19-13(16(21)23-3)9-24-17(19)22/h8,12-13H,4-7,9H2,1-3H3. The fourth-order valence-corrected chi connectivity index (χ4v) is 3.34. The molecule has 2 aliphatic heterocycles. The van der Waals surface area contributed by atoms with Gasteiger partial charge in [-0.1, -0.05) is 0 Å². The van der Waals surface area contributed by atoms with E-state index in [1.807, 2.05) is 13.8 Å². The Hall–Kier alpha value is -2.51. The minimum Gasteiger partial charge on any atom is -0.467 e. The van der Waals surface area contributed by atoms with E-state index in [1.54, 1.807) is 11.0 Å². The van der Waals surface area contributed by atoms with Crippen molar-refractivity contribution in [1.29, 1.82) is 0 Å². The second-order valence-corrected chi connectivity index (χ2v) is 6.40. The van der Waals surface area contributed by atoms with Crippen LogP contribution in [-0.2, 0) is 14.3 Å². The SMILES string of the molecule is COC(=O)C1COC(=O)N1C1CCN(C(=O)c2cc(C)c(C)o2)CC1. The van der Waals surface area contributed by atoms with Crippen LogP contribution in [0.1, 0.15) is 34.7 Å². The van der Waals surface area contributed by atoms with Gasteiger partial charge >= 0.3 is 12.1 Å². The Bertz CT molecular complexity index is 670. The first-order chi connectivity index (χ1) is 11.9. The predicted molar refractivity (Wildman–Crippen MR) is 86.1 cm³/mol. The minimum atomic E-state index is -0.708. The third kappa shape index (κ3) is 3.20. The highest BCUT2D eigenvalue weighted by Gasteiger charge is 2.44. The molecule has 3 rings (SSSR count). The Morgan fingerprint density at radius 2 is 1.92 bits per heavy atom. The lowest BCUT2D eigenvalue weighted by atomic mass is 10.0. The Morgan fingerprint density at radius 3 is 2.48 bits per heavy atom. The molecular weight excluding hydrogens is 328 g/mol. The van der Waals surface area contributed by atoms with Gasteiger partial charge in [0.25, 0.3) is 5.91 Å². The van der Waals surface area contributed by atoms with Crippen molar-refractivity contribution in [1.82, 2.24) is 9.80 Å². The van der Waals surface area contributed by atoms with Crippen LogP contribution in [0.3, 0.4) is 0 Å². The zero-order valence-electron chi connectivity index (χ0n) is 14.6. The van der Waals surface area contributed by atoms with Gasteiger partial charge in [0.1, 0.15) is 12.4 Å². The highest BCUT2D eigenvalue weighted by Crippen LogP contribution is 2.26. The largest absolute Gasteiger partial charge is 0.467 e. The summed E-state index contributed by atoms with van der Waals surface area (Å²) in [5.41, 5.74) is 0.943. The number of esters is 1. The van der Waals surface area contributed by atoms with Crippen molar-refractivity contribution in [2.45, 2.75) is 38.8 Å². The summed E-state index contributed by atoms with van der Waals surface area (Å²) in [4.78, 5) is 39.5. The fourth-order valence-electron chi connectivity index (χ4n) is 3.34. The number of carbonyl (C=O) groups is 3. The third-order valence-electron chi connectivity index (χ3n) is 4.91. The zero-order chi connectivity index (χ0) is 18.1. The summed E-state index contributed by atoms with van der Waals surface area (Å²) in [7, 11) is 1.29. The molecule has 0 aliphatic carbocycles. The normalized spacial score (nSPS) is 21.4. The number of piperidine rings is 1. The Labute approximate surface area is 145 Å². The molecule has 3 heterocycles. The lowest BCUT2D eigenvalue weighted by Gasteiger charge is -2.36. The molecule has 1 atom stereocenters. The highest BCUT2D eigenvalue weighted by molar-refractivity contribution is 5.92. The molecule has 25 heavy (non-hydrogen) atoms. The monoisotopic (exact) mass is 350 g/mol. The molecule has 1 unspecified atom stereocenters. The smallest absolute Gasteiger partial charge is 0.410 e. The van der Waals surface area contributed by atoms with Gasteiger partial charge in [0.2, 0.25) is 0 Å². The van der Waals surface area contributed by atoms with Crippen molar-refractivity contribution in [2.75, 3.05) is 26.8 Å². The first-order valence-corrected chi connectivity index (χ1v) is 8.31. The molecule has 0 N–H and O–H groups in total. The lowest BCUT2D eigenvalue weighted by molar-refractivity contribution is -0.145. The second kappa shape index (κ2) is 6.78. The lowest BCUT2D eigenvalue weighted by Crippen LogP contribution is -2.51. The Balaban J connectivity index is 1.64. The van der Waals surface area contributed by atoms with E-state index in [0.717, 1.165) is 11.3 Å². The highest BCUT2D eigenvalue weighted by atomic mass is 16.6. The molecule has 136 valence electrons. The van der Waals surface area contributed by atoms with Crippen molar-refractivity contribution >= 4 is 18.0 Å². The predicted octanol–water partition coefficient (Wildman–Crippen LogP) is 1.49. The van der Waals surface area contributed by atoms with E-state index >= 15 is 0 Å². The van der Waals surface area contributed by atoms with Gasteiger partial charge < -0.3 is 18.8 Å². The summed E-state index contributed by atoms with van der Waals surface area (Å²) in [6.45, 7) is 4.70. The van der Waals surface area contributed by atoms with Gasteiger partial charge in [-0.05, 0) is 38.3 Å². The number of furan rings is 1. The number of nitrogens with zero attached hydrogens (tertiary/aromatic N) is 2. The topological polar surface area (TPSA) is 89.3 Å². The van der Waals surface area contributed by atoms with Crippen LogP contribution in [0.25, 0.3) is 0 Å². The Kier molecular flexibility index (Phi) is 4.69. The summed E-state index contributed by atoms with van der Waals surface area (Å²) in [5.74, 6) is 0.439. The van der Waals surface area contributed by atoms with Gasteiger partial charge in [-0.2, -0.15) is 0 Å². The molecule has 0 aromatic carbocycles. The molecular formula is C17H22N2O6. The van der Waals surface area contributed by atoms with Crippen LogP contribution in [0, 0.1) is 13.8 Å². The molecule has 2 saturated heterocycles. The van der Waals surface area contributed by atoms with Crippen LogP contribution < -0.4 is 0 Å². The number of ether oxygens (including phenoxy) is 2. The van der Waals surface area contributed by atoms with Crippen molar-refractivity contribution < 1.29 is 28.3 Å².